The fourth-order valence-electron chi connectivity index (χ4n) is 4.67. The second-order valence-electron chi connectivity index (χ2n) is 8.60. The lowest BCUT2D eigenvalue weighted by Gasteiger charge is -2.42. The van der Waals surface area contributed by atoms with Crippen molar-refractivity contribution in [1.29, 1.82) is 0 Å². The van der Waals surface area contributed by atoms with Gasteiger partial charge in [-0.05, 0) is 42.9 Å². The SMILES string of the molecule is C[C@H](C(=O)N1CCC[C@](Cc2ccccc2-c2cncnc2)(C(N)=O)C1)c1ccccc1. The number of nitrogens with zero attached hydrogens (tertiary/aromatic N) is 3. The predicted molar refractivity (Wildman–Crippen MR) is 123 cm³/mol. The molecule has 0 saturated carbocycles. The molecule has 6 nitrogen and oxygen atoms in total. The molecule has 2 amide bonds. The van der Waals surface area contributed by atoms with Gasteiger partial charge in [0.2, 0.25) is 11.8 Å². The number of primary amides is 1. The third-order valence-corrected chi connectivity index (χ3v) is 6.50. The van der Waals surface area contributed by atoms with Gasteiger partial charge < -0.3 is 10.6 Å². The number of hydrogen-bond acceptors (Lipinski definition) is 4. The average molecular weight is 429 g/mol. The molecule has 4 rings (SSSR count). The molecule has 2 heterocycles. The number of piperidine rings is 1. The number of carbonyl (C=O) groups is 2. The van der Waals surface area contributed by atoms with E-state index in [9.17, 15) is 9.59 Å². The van der Waals surface area contributed by atoms with E-state index < -0.39 is 5.41 Å². The van der Waals surface area contributed by atoms with Crippen LogP contribution in [0.5, 0.6) is 0 Å². The van der Waals surface area contributed by atoms with Gasteiger partial charge in [0, 0.05) is 31.0 Å². The Morgan fingerprint density at radius 3 is 2.47 bits per heavy atom. The first-order chi connectivity index (χ1) is 15.5. The van der Waals surface area contributed by atoms with Crippen LogP contribution in [0.1, 0.15) is 36.8 Å². The fraction of sp³-hybridized carbons (Fsp3) is 0.308. The van der Waals surface area contributed by atoms with Gasteiger partial charge in [-0.1, -0.05) is 54.6 Å². The van der Waals surface area contributed by atoms with Crippen molar-refractivity contribution in [2.24, 2.45) is 11.1 Å². The van der Waals surface area contributed by atoms with Crippen LogP contribution in [-0.2, 0) is 16.0 Å². The molecule has 1 aromatic heterocycles. The summed E-state index contributed by atoms with van der Waals surface area (Å²) in [6, 6.07) is 17.7. The van der Waals surface area contributed by atoms with Crippen LogP contribution < -0.4 is 5.73 Å². The zero-order valence-corrected chi connectivity index (χ0v) is 18.3. The second-order valence-corrected chi connectivity index (χ2v) is 8.60. The molecule has 6 heteroatoms. The molecule has 0 bridgehead atoms. The predicted octanol–water partition coefficient (Wildman–Crippen LogP) is 3.58. The molecule has 3 aromatic rings. The normalized spacial score (nSPS) is 19.3. The molecular formula is C26H28N4O2. The van der Waals surface area contributed by atoms with Crippen molar-refractivity contribution >= 4 is 11.8 Å². The van der Waals surface area contributed by atoms with E-state index in [1.807, 2.05) is 66.4 Å². The highest BCUT2D eigenvalue weighted by Crippen LogP contribution is 2.37. The van der Waals surface area contributed by atoms with Crippen LogP contribution in [0, 0.1) is 5.41 Å². The maximum atomic E-state index is 13.3. The van der Waals surface area contributed by atoms with E-state index in [0.717, 1.165) is 28.7 Å². The summed E-state index contributed by atoms with van der Waals surface area (Å²) in [5.74, 6) is -0.596. The number of aromatic nitrogens is 2. The average Bonchev–Trinajstić information content (AvgIpc) is 2.84. The third-order valence-electron chi connectivity index (χ3n) is 6.50. The van der Waals surface area contributed by atoms with Crippen LogP contribution in [0.2, 0.25) is 0 Å². The number of amides is 2. The Labute approximate surface area is 188 Å². The summed E-state index contributed by atoms with van der Waals surface area (Å²) in [4.78, 5) is 36.2. The quantitative estimate of drug-likeness (QED) is 0.650. The van der Waals surface area contributed by atoms with Gasteiger partial charge in [0.15, 0.2) is 0 Å². The topological polar surface area (TPSA) is 89.2 Å². The molecule has 2 N–H and O–H groups in total. The number of rotatable bonds is 6. The Hall–Kier alpha value is -3.54. The third kappa shape index (κ3) is 4.40. The maximum absolute atomic E-state index is 13.3. The highest BCUT2D eigenvalue weighted by Gasteiger charge is 2.43. The van der Waals surface area contributed by atoms with E-state index in [1.165, 1.54) is 6.33 Å². The summed E-state index contributed by atoms with van der Waals surface area (Å²) >= 11 is 0. The molecule has 0 aliphatic carbocycles. The van der Waals surface area contributed by atoms with Crippen molar-refractivity contribution < 1.29 is 9.59 Å². The minimum absolute atomic E-state index is 0.0336. The lowest BCUT2D eigenvalue weighted by Crippen LogP contribution is -2.54. The van der Waals surface area contributed by atoms with Crippen molar-refractivity contribution in [1.82, 2.24) is 14.9 Å². The molecule has 1 aliphatic rings. The minimum atomic E-state index is -0.809. The number of likely N-dealkylation sites (tertiary alicyclic amines) is 1. The molecule has 0 spiro atoms. The Balaban J connectivity index is 1.61. The van der Waals surface area contributed by atoms with Crippen LogP contribution in [0.25, 0.3) is 11.1 Å². The van der Waals surface area contributed by atoms with Crippen LogP contribution in [0.3, 0.4) is 0 Å². The Bertz CT molecular complexity index is 1090. The van der Waals surface area contributed by atoms with Crippen LogP contribution in [0.15, 0.2) is 73.3 Å². The van der Waals surface area contributed by atoms with Crippen molar-refractivity contribution in [3.05, 3.63) is 84.4 Å². The Kier molecular flexibility index (Phi) is 6.30. The molecule has 1 fully saturated rings. The Morgan fingerprint density at radius 1 is 1.06 bits per heavy atom. The molecule has 0 unspecified atom stereocenters. The standard InChI is InChI=1S/C26H28N4O2/c1-19(20-8-3-2-4-9-20)24(31)30-13-7-12-26(17-30,25(27)32)14-21-10-5-6-11-23(21)22-15-28-18-29-16-22/h2-6,8-11,15-16,18-19H,7,12-14,17H2,1H3,(H2,27,32)/t19-,26+/m0/s1. The molecule has 32 heavy (non-hydrogen) atoms. The van der Waals surface area contributed by atoms with Gasteiger partial charge in [-0.25, -0.2) is 9.97 Å². The van der Waals surface area contributed by atoms with E-state index in [0.29, 0.717) is 25.9 Å². The first kappa shape index (κ1) is 21.7. The lowest BCUT2D eigenvalue weighted by atomic mass is 9.73. The highest BCUT2D eigenvalue weighted by molar-refractivity contribution is 5.86. The number of hydrogen-bond donors (Lipinski definition) is 1. The molecule has 1 saturated heterocycles. The summed E-state index contributed by atoms with van der Waals surface area (Å²) in [7, 11) is 0. The van der Waals surface area contributed by atoms with Gasteiger partial charge in [-0.2, -0.15) is 0 Å². The first-order valence-electron chi connectivity index (χ1n) is 11.0. The van der Waals surface area contributed by atoms with Gasteiger partial charge in [-0.3, -0.25) is 9.59 Å². The van der Waals surface area contributed by atoms with E-state index in [4.69, 9.17) is 5.73 Å². The van der Waals surface area contributed by atoms with Gasteiger partial charge in [-0.15, -0.1) is 0 Å². The largest absolute Gasteiger partial charge is 0.369 e. The smallest absolute Gasteiger partial charge is 0.229 e. The van der Waals surface area contributed by atoms with Crippen LogP contribution in [0.4, 0.5) is 0 Å². The van der Waals surface area contributed by atoms with Gasteiger partial charge in [0.05, 0.1) is 11.3 Å². The zero-order chi connectivity index (χ0) is 22.6. The van der Waals surface area contributed by atoms with Crippen LogP contribution >= 0.6 is 0 Å². The van der Waals surface area contributed by atoms with E-state index >= 15 is 0 Å². The monoisotopic (exact) mass is 428 g/mol. The molecular weight excluding hydrogens is 400 g/mol. The van der Waals surface area contributed by atoms with Crippen LogP contribution in [-0.4, -0.2) is 39.8 Å². The van der Waals surface area contributed by atoms with E-state index in [2.05, 4.69) is 9.97 Å². The second kappa shape index (κ2) is 9.30. The molecule has 1 aliphatic heterocycles. The zero-order valence-electron chi connectivity index (χ0n) is 18.3. The van der Waals surface area contributed by atoms with Crippen molar-refractivity contribution in [3.63, 3.8) is 0 Å². The van der Waals surface area contributed by atoms with E-state index in [1.54, 1.807) is 12.4 Å². The summed E-state index contributed by atoms with van der Waals surface area (Å²) < 4.78 is 0. The van der Waals surface area contributed by atoms with E-state index in [-0.39, 0.29) is 17.7 Å². The Morgan fingerprint density at radius 2 is 1.75 bits per heavy atom. The lowest BCUT2D eigenvalue weighted by molar-refractivity contribution is -0.140. The number of benzene rings is 2. The first-order valence-corrected chi connectivity index (χ1v) is 11.0. The summed E-state index contributed by atoms with van der Waals surface area (Å²) in [6.07, 6.45) is 6.90. The maximum Gasteiger partial charge on any atom is 0.229 e. The molecule has 164 valence electrons. The fourth-order valence-corrected chi connectivity index (χ4v) is 4.67. The summed E-state index contributed by atoms with van der Waals surface area (Å²) in [6.45, 7) is 2.89. The van der Waals surface area contributed by atoms with Crippen molar-refractivity contribution in [2.75, 3.05) is 13.1 Å². The van der Waals surface area contributed by atoms with Crippen molar-refractivity contribution in [2.45, 2.75) is 32.1 Å². The minimum Gasteiger partial charge on any atom is -0.369 e. The highest BCUT2D eigenvalue weighted by atomic mass is 16.2. The molecule has 2 aromatic carbocycles. The van der Waals surface area contributed by atoms with Gasteiger partial charge in [0.1, 0.15) is 6.33 Å². The molecule has 0 radical (unpaired) electrons. The molecule has 2 atom stereocenters. The summed E-state index contributed by atoms with van der Waals surface area (Å²) in [5, 5.41) is 0. The van der Waals surface area contributed by atoms with Gasteiger partial charge >= 0.3 is 0 Å². The number of carbonyl (C=O) groups excluding carboxylic acids is 2. The van der Waals surface area contributed by atoms with Crippen molar-refractivity contribution in [3.8, 4) is 11.1 Å². The summed E-state index contributed by atoms with van der Waals surface area (Å²) in [5.41, 5.74) is 9.03. The number of nitrogens with two attached hydrogens (primary N) is 1. The van der Waals surface area contributed by atoms with Gasteiger partial charge in [0.25, 0.3) is 0 Å².